The predicted molar refractivity (Wildman–Crippen MR) is 105 cm³/mol. The van der Waals surface area contributed by atoms with E-state index < -0.39 is 47.1 Å². The van der Waals surface area contributed by atoms with E-state index in [1.54, 1.807) is 13.0 Å². The van der Waals surface area contributed by atoms with E-state index in [2.05, 4.69) is 4.74 Å². The van der Waals surface area contributed by atoms with Crippen LogP contribution in [-0.2, 0) is 16.1 Å². The average molecular weight is 471 g/mol. The lowest BCUT2D eigenvalue weighted by Crippen LogP contribution is -2.12. The van der Waals surface area contributed by atoms with Crippen molar-refractivity contribution in [2.45, 2.75) is 20.1 Å². The normalized spacial score (nSPS) is 10.4. The minimum absolute atomic E-state index is 0.0113. The summed E-state index contributed by atoms with van der Waals surface area (Å²) in [6.07, 6.45) is 0. The molecular formula is C18H15F2N3O8S. The maximum Gasteiger partial charge on any atom is 0.387 e. The van der Waals surface area contributed by atoms with Crippen molar-refractivity contribution in [1.82, 2.24) is 0 Å². The molecule has 0 aliphatic carbocycles. The molecule has 0 fully saturated rings. The Bertz CT molecular complexity index is 1100. The highest BCUT2D eigenvalue weighted by molar-refractivity contribution is 7.18. The van der Waals surface area contributed by atoms with Crippen molar-refractivity contribution in [2.75, 3.05) is 19.5 Å². The molecule has 0 atom stereocenters. The minimum Gasteiger partial charge on any atom is -0.493 e. The second-order valence-corrected chi connectivity index (χ2v) is 6.77. The topological polar surface area (TPSA) is 164 Å². The summed E-state index contributed by atoms with van der Waals surface area (Å²) in [5.41, 5.74) is 4.07. The van der Waals surface area contributed by atoms with E-state index in [0.717, 1.165) is 24.5 Å². The van der Waals surface area contributed by atoms with Crippen LogP contribution in [0.15, 0.2) is 12.1 Å². The highest BCUT2D eigenvalue weighted by Gasteiger charge is 2.29. The van der Waals surface area contributed by atoms with Crippen LogP contribution in [0.4, 0.5) is 19.5 Å². The minimum atomic E-state index is -3.30. The first-order valence-corrected chi connectivity index (χ1v) is 9.42. The maximum absolute atomic E-state index is 12.6. The SMILES string of the molecule is CCOC(=O)c1sc(N)c(C#N)c1COC(=O)c1cc(OC)c(OC(F)F)cc1[N+](=O)[O-]. The zero-order chi connectivity index (χ0) is 24.0. The molecule has 1 aromatic heterocycles. The number of nitro groups is 1. The van der Waals surface area contributed by atoms with Crippen LogP contribution in [0.3, 0.4) is 0 Å². The van der Waals surface area contributed by atoms with Crippen LogP contribution in [0, 0.1) is 21.4 Å². The molecule has 0 aliphatic rings. The Kier molecular flexibility index (Phi) is 7.86. The van der Waals surface area contributed by atoms with E-state index >= 15 is 0 Å². The van der Waals surface area contributed by atoms with Gasteiger partial charge in [0.2, 0.25) is 0 Å². The van der Waals surface area contributed by atoms with E-state index in [0.29, 0.717) is 6.07 Å². The lowest BCUT2D eigenvalue weighted by molar-refractivity contribution is -0.385. The number of nitrogen functional groups attached to an aromatic ring is 1. The molecule has 1 aromatic carbocycles. The number of methoxy groups -OCH3 is 1. The molecule has 32 heavy (non-hydrogen) atoms. The molecule has 0 saturated carbocycles. The van der Waals surface area contributed by atoms with Crippen LogP contribution in [0.25, 0.3) is 0 Å². The molecule has 0 unspecified atom stereocenters. The molecule has 0 radical (unpaired) electrons. The number of alkyl halides is 2. The average Bonchev–Trinajstić information content (AvgIpc) is 3.06. The van der Waals surface area contributed by atoms with Gasteiger partial charge in [0.15, 0.2) is 11.5 Å². The third kappa shape index (κ3) is 5.19. The number of anilines is 1. The Morgan fingerprint density at radius 3 is 2.50 bits per heavy atom. The number of carbonyl (C=O) groups excluding carboxylic acids is 2. The second-order valence-electron chi connectivity index (χ2n) is 5.71. The van der Waals surface area contributed by atoms with Gasteiger partial charge in [0.25, 0.3) is 5.69 Å². The van der Waals surface area contributed by atoms with Crippen molar-refractivity contribution in [3.63, 3.8) is 0 Å². The number of nitro benzene ring substituents is 1. The molecular weight excluding hydrogens is 456 g/mol. The Labute approximate surface area is 183 Å². The number of hydrogen-bond acceptors (Lipinski definition) is 11. The zero-order valence-electron chi connectivity index (χ0n) is 16.5. The molecule has 2 aromatic rings. The van der Waals surface area contributed by atoms with Crippen LogP contribution >= 0.6 is 11.3 Å². The van der Waals surface area contributed by atoms with Crippen LogP contribution < -0.4 is 15.2 Å². The molecule has 2 N–H and O–H groups in total. The van der Waals surface area contributed by atoms with Gasteiger partial charge in [-0.25, -0.2) is 9.59 Å². The fourth-order valence-corrected chi connectivity index (χ4v) is 3.45. The Hall–Kier alpha value is -3.99. The summed E-state index contributed by atoms with van der Waals surface area (Å²) in [6, 6.07) is 3.18. The van der Waals surface area contributed by atoms with Gasteiger partial charge >= 0.3 is 18.6 Å². The molecule has 11 nitrogen and oxygen atoms in total. The molecule has 14 heteroatoms. The first-order chi connectivity index (χ1) is 15.1. The Morgan fingerprint density at radius 1 is 1.28 bits per heavy atom. The monoisotopic (exact) mass is 471 g/mol. The predicted octanol–water partition coefficient (Wildman–Crippen LogP) is 3.25. The molecule has 0 bridgehead atoms. The van der Waals surface area contributed by atoms with Crippen molar-refractivity contribution in [1.29, 1.82) is 5.26 Å². The third-order valence-electron chi connectivity index (χ3n) is 3.87. The van der Waals surface area contributed by atoms with Crippen molar-refractivity contribution < 1.29 is 42.2 Å². The van der Waals surface area contributed by atoms with E-state index in [9.17, 15) is 33.7 Å². The highest BCUT2D eigenvalue weighted by Crippen LogP contribution is 2.37. The number of nitrogens with zero attached hydrogens (tertiary/aromatic N) is 2. The van der Waals surface area contributed by atoms with Gasteiger partial charge in [-0.1, -0.05) is 0 Å². The third-order valence-corrected chi connectivity index (χ3v) is 4.91. The molecule has 0 saturated heterocycles. The van der Waals surface area contributed by atoms with Crippen LogP contribution in [0.5, 0.6) is 11.5 Å². The Balaban J connectivity index is 2.41. The van der Waals surface area contributed by atoms with Crippen LogP contribution in [-0.4, -0.2) is 37.2 Å². The number of hydrogen-bond donors (Lipinski definition) is 1. The number of nitriles is 1. The number of ether oxygens (including phenoxy) is 4. The number of nitrogens with two attached hydrogens (primary N) is 1. The molecule has 2 rings (SSSR count). The second kappa shape index (κ2) is 10.4. The number of benzene rings is 1. The van der Waals surface area contributed by atoms with Gasteiger partial charge in [0.1, 0.15) is 28.1 Å². The van der Waals surface area contributed by atoms with Crippen molar-refractivity contribution in [2.24, 2.45) is 0 Å². The number of carbonyl (C=O) groups is 2. The summed E-state index contributed by atoms with van der Waals surface area (Å²) in [4.78, 5) is 35.0. The lowest BCUT2D eigenvalue weighted by atomic mass is 10.1. The number of thiophene rings is 1. The fraction of sp³-hybridized carbons (Fsp3) is 0.278. The van der Waals surface area contributed by atoms with Crippen LogP contribution in [0.2, 0.25) is 0 Å². The van der Waals surface area contributed by atoms with Gasteiger partial charge in [-0.2, -0.15) is 14.0 Å². The summed E-state index contributed by atoms with van der Waals surface area (Å²) in [5.74, 6) is -3.08. The molecule has 170 valence electrons. The smallest absolute Gasteiger partial charge is 0.387 e. The zero-order valence-corrected chi connectivity index (χ0v) is 17.4. The molecule has 0 amide bonds. The summed E-state index contributed by atoms with van der Waals surface area (Å²) < 4.78 is 44.1. The first kappa shape index (κ1) is 24.3. The van der Waals surface area contributed by atoms with E-state index in [1.165, 1.54) is 0 Å². The van der Waals surface area contributed by atoms with Gasteiger partial charge in [0.05, 0.1) is 30.3 Å². The lowest BCUT2D eigenvalue weighted by Gasteiger charge is -2.12. The van der Waals surface area contributed by atoms with E-state index in [4.69, 9.17) is 19.9 Å². The van der Waals surface area contributed by atoms with Gasteiger partial charge in [-0.3, -0.25) is 10.1 Å². The number of esters is 2. The van der Waals surface area contributed by atoms with Crippen molar-refractivity contribution >= 4 is 34.0 Å². The molecule has 1 heterocycles. The van der Waals surface area contributed by atoms with Crippen LogP contribution in [0.1, 0.15) is 38.1 Å². The van der Waals surface area contributed by atoms with Gasteiger partial charge in [0, 0.05) is 11.6 Å². The standard InChI is InChI=1S/C18H15F2N3O8S/c1-3-29-17(25)14-10(9(6-21)15(22)32-14)7-30-16(24)8-4-12(28-2)13(31-18(19)20)5-11(8)23(26)27/h4-5,18H,3,7,22H2,1-2H3. The van der Waals surface area contributed by atoms with E-state index in [1.807, 2.05) is 0 Å². The highest BCUT2D eigenvalue weighted by atomic mass is 32.1. The van der Waals surface area contributed by atoms with Gasteiger partial charge in [-0.05, 0) is 6.92 Å². The quantitative estimate of drug-likeness (QED) is 0.326. The maximum atomic E-state index is 12.6. The Morgan fingerprint density at radius 2 is 1.97 bits per heavy atom. The largest absolute Gasteiger partial charge is 0.493 e. The molecule has 0 aliphatic heterocycles. The number of halogens is 2. The van der Waals surface area contributed by atoms with E-state index in [-0.39, 0.29) is 33.4 Å². The van der Waals surface area contributed by atoms with Crippen molar-refractivity contribution in [3.8, 4) is 17.6 Å². The summed E-state index contributed by atoms with van der Waals surface area (Å²) in [7, 11) is 1.08. The molecule has 0 spiro atoms. The summed E-state index contributed by atoms with van der Waals surface area (Å²) in [6.45, 7) is -2.33. The summed E-state index contributed by atoms with van der Waals surface area (Å²) >= 11 is 0.756. The van der Waals surface area contributed by atoms with Crippen molar-refractivity contribution in [3.05, 3.63) is 43.8 Å². The van der Waals surface area contributed by atoms with Gasteiger partial charge in [-0.15, -0.1) is 11.3 Å². The fourth-order valence-electron chi connectivity index (χ4n) is 2.53. The summed E-state index contributed by atoms with van der Waals surface area (Å²) in [5, 5.41) is 20.6. The van der Waals surface area contributed by atoms with Gasteiger partial charge < -0.3 is 24.7 Å². The first-order valence-electron chi connectivity index (χ1n) is 8.61. The number of rotatable bonds is 9.